The first-order chi connectivity index (χ1) is 8.66. The number of carbonyl (C=O) groups is 1. The number of aromatic nitrogens is 1. The lowest BCUT2D eigenvalue weighted by Gasteiger charge is -2.14. The van der Waals surface area contributed by atoms with Gasteiger partial charge in [-0.3, -0.25) is 4.79 Å². The van der Waals surface area contributed by atoms with Crippen molar-refractivity contribution in [3.63, 3.8) is 0 Å². The molecule has 0 saturated heterocycles. The summed E-state index contributed by atoms with van der Waals surface area (Å²) in [6.07, 6.45) is -8.79. The van der Waals surface area contributed by atoms with Crippen molar-refractivity contribution in [2.75, 3.05) is 12.8 Å². The molecule has 0 radical (unpaired) electrons. The van der Waals surface area contributed by atoms with Crippen LogP contribution in [-0.2, 0) is 22.1 Å². The Kier molecular flexibility index (Phi) is 4.28. The van der Waals surface area contributed by atoms with Crippen LogP contribution in [0.15, 0.2) is 6.07 Å². The number of hydrogen-bond acceptors (Lipinski definition) is 4. The molecule has 106 valence electrons. The van der Waals surface area contributed by atoms with Crippen molar-refractivity contribution in [1.82, 2.24) is 4.98 Å². The van der Waals surface area contributed by atoms with Crippen molar-refractivity contribution >= 4 is 11.8 Å². The van der Waals surface area contributed by atoms with Crippen molar-refractivity contribution in [2.24, 2.45) is 0 Å². The third kappa shape index (κ3) is 3.52. The van der Waals surface area contributed by atoms with Gasteiger partial charge in [0.15, 0.2) is 0 Å². The molecule has 1 heterocycles. The van der Waals surface area contributed by atoms with Crippen molar-refractivity contribution in [3.05, 3.63) is 22.9 Å². The zero-order chi connectivity index (χ0) is 14.8. The normalized spacial score (nSPS) is 11.7. The lowest BCUT2D eigenvalue weighted by Crippen LogP contribution is -2.16. The standard InChI is InChI=1S/C10H9F5N2O2/c1-19-7(18)3-6-4(8(11)12)2-5(9(16)17-6)10(13,14)15/h2,8H,3H2,1H3,(H2,16,17). The topological polar surface area (TPSA) is 65.2 Å². The zero-order valence-corrected chi connectivity index (χ0v) is 9.59. The van der Waals surface area contributed by atoms with E-state index in [1.807, 2.05) is 0 Å². The number of pyridine rings is 1. The maximum absolute atomic E-state index is 12.7. The van der Waals surface area contributed by atoms with Crippen LogP contribution < -0.4 is 5.73 Å². The highest BCUT2D eigenvalue weighted by atomic mass is 19.4. The SMILES string of the molecule is COC(=O)Cc1nc(N)c(C(F)(F)F)cc1C(F)F. The van der Waals surface area contributed by atoms with E-state index in [1.165, 1.54) is 0 Å². The molecule has 0 aliphatic carbocycles. The first-order valence-corrected chi connectivity index (χ1v) is 4.88. The Morgan fingerprint density at radius 2 is 2.05 bits per heavy atom. The van der Waals surface area contributed by atoms with Crippen LogP contribution in [-0.4, -0.2) is 18.1 Å². The van der Waals surface area contributed by atoms with Crippen molar-refractivity contribution < 1.29 is 31.5 Å². The molecule has 1 aromatic rings. The number of carbonyl (C=O) groups excluding carboxylic acids is 1. The molecule has 0 spiro atoms. The molecule has 19 heavy (non-hydrogen) atoms. The summed E-state index contributed by atoms with van der Waals surface area (Å²) >= 11 is 0. The van der Waals surface area contributed by atoms with Crippen LogP contribution >= 0.6 is 0 Å². The Morgan fingerprint density at radius 3 is 2.47 bits per heavy atom. The molecule has 0 saturated carbocycles. The average molecular weight is 284 g/mol. The molecule has 0 amide bonds. The first kappa shape index (κ1) is 15.1. The smallest absolute Gasteiger partial charge is 0.419 e. The fourth-order valence-corrected chi connectivity index (χ4v) is 1.35. The van der Waals surface area contributed by atoms with E-state index in [0.717, 1.165) is 7.11 Å². The Morgan fingerprint density at radius 1 is 1.47 bits per heavy atom. The molecule has 0 atom stereocenters. The predicted molar refractivity (Wildman–Crippen MR) is 54.3 cm³/mol. The van der Waals surface area contributed by atoms with E-state index in [9.17, 15) is 26.7 Å². The number of nitrogen functional groups attached to an aromatic ring is 1. The van der Waals surface area contributed by atoms with Gasteiger partial charge in [-0.2, -0.15) is 13.2 Å². The number of nitrogens with zero attached hydrogens (tertiary/aromatic N) is 1. The fraction of sp³-hybridized carbons (Fsp3) is 0.400. The van der Waals surface area contributed by atoms with Crippen LogP contribution in [0, 0.1) is 0 Å². The van der Waals surface area contributed by atoms with Crippen LogP contribution in [0.5, 0.6) is 0 Å². The lowest BCUT2D eigenvalue weighted by atomic mass is 10.1. The number of ether oxygens (including phenoxy) is 1. The van der Waals surface area contributed by atoms with Gasteiger partial charge in [-0.05, 0) is 6.07 Å². The van der Waals surface area contributed by atoms with Crippen LogP contribution in [0.25, 0.3) is 0 Å². The van der Waals surface area contributed by atoms with Crippen molar-refractivity contribution in [3.8, 4) is 0 Å². The Bertz CT molecular complexity index is 488. The van der Waals surface area contributed by atoms with Crippen LogP contribution in [0.2, 0.25) is 0 Å². The maximum atomic E-state index is 12.7. The maximum Gasteiger partial charge on any atom is 0.419 e. The third-order valence-corrected chi connectivity index (χ3v) is 2.24. The molecule has 0 aliphatic heterocycles. The molecule has 4 nitrogen and oxygen atoms in total. The summed E-state index contributed by atoms with van der Waals surface area (Å²) in [5.74, 6) is -1.87. The van der Waals surface area contributed by atoms with E-state index in [-0.39, 0.29) is 6.07 Å². The summed E-state index contributed by atoms with van der Waals surface area (Å²) in [7, 11) is 1.01. The molecule has 1 aromatic heterocycles. The highest BCUT2D eigenvalue weighted by Gasteiger charge is 2.36. The lowest BCUT2D eigenvalue weighted by molar-refractivity contribution is -0.139. The van der Waals surface area contributed by atoms with E-state index < -0.39 is 47.6 Å². The third-order valence-electron chi connectivity index (χ3n) is 2.24. The van der Waals surface area contributed by atoms with Crippen molar-refractivity contribution in [1.29, 1.82) is 0 Å². The van der Waals surface area contributed by atoms with Gasteiger partial charge < -0.3 is 10.5 Å². The number of halogens is 5. The van der Waals surface area contributed by atoms with Gasteiger partial charge in [0.25, 0.3) is 6.43 Å². The van der Waals surface area contributed by atoms with Gasteiger partial charge in [0, 0.05) is 5.56 Å². The number of methoxy groups -OCH3 is 1. The van der Waals surface area contributed by atoms with Gasteiger partial charge in [0.05, 0.1) is 24.8 Å². The second-order valence-corrected chi connectivity index (χ2v) is 3.51. The van der Waals surface area contributed by atoms with Crippen molar-refractivity contribution in [2.45, 2.75) is 19.0 Å². The number of rotatable bonds is 3. The largest absolute Gasteiger partial charge is 0.469 e. The molecule has 2 N–H and O–H groups in total. The van der Waals surface area contributed by atoms with Gasteiger partial charge in [-0.1, -0.05) is 0 Å². The summed E-state index contributed by atoms with van der Waals surface area (Å²) < 4.78 is 67.1. The molecule has 9 heteroatoms. The molecular weight excluding hydrogens is 275 g/mol. The zero-order valence-electron chi connectivity index (χ0n) is 9.59. The van der Waals surface area contributed by atoms with E-state index in [0.29, 0.717) is 0 Å². The number of nitrogens with two attached hydrogens (primary N) is 1. The summed E-state index contributed by atoms with van der Waals surface area (Å²) in [6, 6.07) is 0.200. The van der Waals surface area contributed by atoms with Gasteiger partial charge in [0.1, 0.15) is 5.82 Å². The monoisotopic (exact) mass is 284 g/mol. The number of anilines is 1. The van der Waals surface area contributed by atoms with Gasteiger partial charge in [-0.25, -0.2) is 13.8 Å². The van der Waals surface area contributed by atoms with E-state index in [2.05, 4.69) is 9.72 Å². The minimum absolute atomic E-state index is 0.200. The second-order valence-electron chi connectivity index (χ2n) is 3.51. The van der Waals surface area contributed by atoms with E-state index in [4.69, 9.17) is 5.73 Å². The Labute approximate surface area is 104 Å². The summed E-state index contributed by atoms with van der Waals surface area (Å²) in [6.45, 7) is 0. The molecule has 0 bridgehead atoms. The summed E-state index contributed by atoms with van der Waals surface area (Å²) in [5, 5.41) is 0. The fourth-order valence-electron chi connectivity index (χ4n) is 1.35. The van der Waals surface area contributed by atoms with Crippen LogP contribution in [0.4, 0.5) is 27.8 Å². The highest BCUT2D eigenvalue weighted by Crippen LogP contribution is 2.36. The van der Waals surface area contributed by atoms with Crippen LogP contribution in [0.3, 0.4) is 0 Å². The second kappa shape index (κ2) is 5.37. The first-order valence-electron chi connectivity index (χ1n) is 4.88. The van der Waals surface area contributed by atoms with Gasteiger partial charge in [0.2, 0.25) is 0 Å². The Hall–Kier alpha value is -1.93. The quantitative estimate of drug-likeness (QED) is 0.683. The molecule has 0 fully saturated rings. The minimum atomic E-state index is -4.90. The summed E-state index contributed by atoms with van der Waals surface area (Å²) in [5.41, 5.74) is 2.08. The number of esters is 1. The molecule has 0 aromatic carbocycles. The summed E-state index contributed by atoms with van der Waals surface area (Å²) in [4.78, 5) is 14.2. The van der Waals surface area contributed by atoms with E-state index >= 15 is 0 Å². The Balaban J connectivity index is 3.33. The minimum Gasteiger partial charge on any atom is -0.469 e. The predicted octanol–water partition coefficient (Wildman–Crippen LogP) is 2.34. The molecule has 1 rings (SSSR count). The van der Waals surface area contributed by atoms with Crippen LogP contribution in [0.1, 0.15) is 23.2 Å². The molecular formula is C10H9F5N2O2. The average Bonchev–Trinajstić information content (AvgIpc) is 2.26. The number of hydrogen-bond donors (Lipinski definition) is 1. The van der Waals surface area contributed by atoms with Gasteiger partial charge >= 0.3 is 12.1 Å². The van der Waals surface area contributed by atoms with E-state index in [1.54, 1.807) is 0 Å². The van der Waals surface area contributed by atoms with Gasteiger partial charge in [-0.15, -0.1) is 0 Å². The molecule has 0 unspecified atom stereocenters. The highest BCUT2D eigenvalue weighted by molar-refractivity contribution is 5.72. The molecule has 0 aliphatic rings. The number of alkyl halides is 5.